The van der Waals surface area contributed by atoms with Crippen LogP contribution < -0.4 is 15.0 Å². The number of halogens is 1. The number of hydrogen-bond donors (Lipinski definition) is 1. The highest BCUT2D eigenvalue weighted by Crippen LogP contribution is 2.43. The Kier molecular flexibility index (Phi) is 8.26. The van der Waals surface area contributed by atoms with Gasteiger partial charge in [0.05, 0.1) is 16.6 Å². The van der Waals surface area contributed by atoms with E-state index in [-0.39, 0.29) is 18.2 Å². The summed E-state index contributed by atoms with van der Waals surface area (Å²) in [6, 6.07) is 12.6. The molecule has 2 atom stereocenters. The molecule has 208 valence electrons. The van der Waals surface area contributed by atoms with Crippen LogP contribution in [-0.4, -0.2) is 64.7 Å². The lowest BCUT2D eigenvalue weighted by atomic mass is 10.1. The lowest BCUT2D eigenvalue weighted by Gasteiger charge is -2.36. The van der Waals surface area contributed by atoms with Crippen molar-refractivity contribution in [2.75, 3.05) is 30.8 Å². The first-order chi connectivity index (χ1) is 18.7. The maximum absolute atomic E-state index is 13.0. The fraction of sp³-hybridized carbons (Fsp3) is 0.483. The Labute approximate surface area is 243 Å². The van der Waals surface area contributed by atoms with E-state index in [0.29, 0.717) is 19.7 Å². The van der Waals surface area contributed by atoms with Gasteiger partial charge in [0.1, 0.15) is 17.9 Å². The predicted molar refractivity (Wildman–Crippen MR) is 160 cm³/mol. The standard InChI is InChI=1S/C29H36BrN5O3S/c1-6-19-13-22-24(25(23(19)30)37-17-18-11-9-8-10-12-18)32-27(39-7-2)33-26(22)34-15-21-14-20(34)16-35(21)28(36)38-29(3,4)31-5/h8-13,20-21,31H,6-7,14-17H2,1-5H3/t20?,21-/m0/s1. The van der Waals surface area contributed by atoms with E-state index in [2.05, 4.69) is 58.2 Å². The van der Waals surface area contributed by atoms with Crippen LogP contribution in [0.4, 0.5) is 10.6 Å². The van der Waals surface area contributed by atoms with Crippen molar-refractivity contribution in [2.24, 2.45) is 0 Å². The number of nitrogens with one attached hydrogen (secondary N) is 1. The molecule has 2 aliphatic heterocycles. The van der Waals surface area contributed by atoms with E-state index >= 15 is 0 Å². The zero-order valence-corrected chi connectivity index (χ0v) is 25.6. The third-order valence-corrected chi connectivity index (χ3v) is 9.09. The van der Waals surface area contributed by atoms with Crippen LogP contribution in [0.1, 0.15) is 45.2 Å². The molecular formula is C29H36BrN5O3S. The van der Waals surface area contributed by atoms with Gasteiger partial charge in [-0.3, -0.25) is 5.32 Å². The highest BCUT2D eigenvalue weighted by atomic mass is 79.9. The first kappa shape index (κ1) is 28.0. The van der Waals surface area contributed by atoms with Gasteiger partial charge >= 0.3 is 6.09 Å². The largest absolute Gasteiger partial charge is 0.485 e. The molecule has 10 heteroatoms. The van der Waals surface area contributed by atoms with E-state index < -0.39 is 5.72 Å². The Morgan fingerprint density at radius 1 is 1.18 bits per heavy atom. The molecule has 0 aliphatic carbocycles. The molecule has 0 saturated carbocycles. The number of ether oxygens (including phenoxy) is 2. The molecule has 39 heavy (non-hydrogen) atoms. The number of likely N-dealkylation sites (tertiary alicyclic amines) is 1. The molecule has 2 bridgehead atoms. The van der Waals surface area contributed by atoms with E-state index in [1.54, 1.807) is 18.8 Å². The molecule has 2 fully saturated rings. The summed E-state index contributed by atoms with van der Waals surface area (Å²) in [7, 11) is 1.79. The van der Waals surface area contributed by atoms with Crippen molar-refractivity contribution >= 4 is 50.5 Å². The fourth-order valence-corrected chi connectivity index (χ4v) is 6.50. The molecule has 3 heterocycles. The van der Waals surface area contributed by atoms with E-state index in [1.165, 1.54) is 0 Å². The van der Waals surface area contributed by atoms with Crippen LogP contribution in [0.2, 0.25) is 0 Å². The molecule has 0 spiro atoms. The molecule has 5 rings (SSSR count). The summed E-state index contributed by atoms with van der Waals surface area (Å²) in [5, 5.41) is 4.75. The number of aromatic nitrogens is 2. The van der Waals surface area contributed by atoms with Crippen LogP contribution in [0.15, 0.2) is 46.0 Å². The quantitative estimate of drug-likeness (QED) is 0.179. The van der Waals surface area contributed by atoms with Crippen LogP contribution in [0.5, 0.6) is 5.75 Å². The Morgan fingerprint density at radius 3 is 2.59 bits per heavy atom. The number of piperazine rings is 1. The maximum Gasteiger partial charge on any atom is 0.411 e. The molecule has 2 aromatic carbocycles. The summed E-state index contributed by atoms with van der Waals surface area (Å²) in [4.78, 5) is 27.2. The van der Waals surface area contributed by atoms with Gasteiger partial charge < -0.3 is 19.3 Å². The third-order valence-electron chi connectivity index (χ3n) is 7.49. The molecule has 8 nitrogen and oxygen atoms in total. The van der Waals surface area contributed by atoms with Gasteiger partial charge in [0.25, 0.3) is 0 Å². The number of anilines is 1. The summed E-state index contributed by atoms with van der Waals surface area (Å²) < 4.78 is 13.1. The van der Waals surface area contributed by atoms with E-state index in [4.69, 9.17) is 19.4 Å². The predicted octanol–water partition coefficient (Wildman–Crippen LogP) is 6.00. The van der Waals surface area contributed by atoms with Crippen LogP contribution in [0.3, 0.4) is 0 Å². The zero-order valence-electron chi connectivity index (χ0n) is 23.2. The van der Waals surface area contributed by atoms with E-state index in [9.17, 15) is 4.79 Å². The number of aryl methyl sites for hydroxylation is 1. The molecule has 1 aromatic heterocycles. The van der Waals surface area contributed by atoms with Crippen molar-refractivity contribution in [3.05, 3.63) is 52.0 Å². The van der Waals surface area contributed by atoms with Crippen LogP contribution >= 0.6 is 27.7 Å². The Bertz CT molecular complexity index is 1360. The Balaban J connectivity index is 1.50. The highest BCUT2D eigenvalue weighted by molar-refractivity contribution is 9.10. The van der Waals surface area contributed by atoms with Crippen molar-refractivity contribution in [3.63, 3.8) is 0 Å². The van der Waals surface area contributed by atoms with Gasteiger partial charge in [-0.15, -0.1) is 0 Å². The minimum Gasteiger partial charge on any atom is -0.485 e. The molecule has 0 radical (unpaired) electrons. The van der Waals surface area contributed by atoms with E-state index in [0.717, 1.165) is 61.8 Å². The monoisotopic (exact) mass is 613 g/mol. The smallest absolute Gasteiger partial charge is 0.411 e. The normalized spacial score (nSPS) is 18.7. The number of thioether (sulfide) groups is 1. The summed E-state index contributed by atoms with van der Waals surface area (Å²) >= 11 is 5.45. The lowest BCUT2D eigenvalue weighted by Crippen LogP contribution is -2.52. The molecular weight excluding hydrogens is 578 g/mol. The van der Waals surface area contributed by atoms with Gasteiger partial charge in [0, 0.05) is 18.5 Å². The third kappa shape index (κ3) is 5.69. The number of fused-ring (bicyclic) bond motifs is 3. The SMILES string of the molecule is CCSc1nc(N2C[C@@H]3CC2CN3C(=O)OC(C)(C)NC)c2cc(CC)c(Br)c(OCc3ccccc3)c2n1. The fourth-order valence-electron chi connectivity index (χ4n) is 5.24. The Morgan fingerprint density at radius 2 is 1.95 bits per heavy atom. The van der Waals surface area contributed by atoms with E-state index in [1.807, 2.05) is 36.9 Å². The molecule has 1 amide bonds. The lowest BCUT2D eigenvalue weighted by molar-refractivity contribution is -0.00588. The first-order valence-corrected chi connectivity index (χ1v) is 15.3. The number of rotatable bonds is 9. The zero-order chi connectivity index (χ0) is 27.7. The molecule has 1 unspecified atom stereocenters. The van der Waals surface area contributed by atoms with Crippen molar-refractivity contribution in [2.45, 2.75) is 70.1 Å². The first-order valence-electron chi connectivity index (χ1n) is 13.5. The van der Waals surface area contributed by atoms with Crippen molar-refractivity contribution in [1.82, 2.24) is 20.2 Å². The number of nitrogens with zero attached hydrogens (tertiary/aromatic N) is 4. The number of amides is 1. The molecule has 2 saturated heterocycles. The summed E-state index contributed by atoms with van der Waals surface area (Å²) in [6.45, 7) is 9.72. The summed E-state index contributed by atoms with van der Waals surface area (Å²) in [5.74, 6) is 2.53. The summed E-state index contributed by atoms with van der Waals surface area (Å²) in [6.07, 6.45) is 1.46. The van der Waals surface area contributed by atoms with Crippen LogP contribution in [0.25, 0.3) is 10.9 Å². The number of benzene rings is 2. The topological polar surface area (TPSA) is 79.8 Å². The maximum atomic E-state index is 13.0. The average Bonchev–Trinajstić information content (AvgIpc) is 3.54. The number of carbonyl (C=O) groups is 1. The second-order valence-electron chi connectivity index (χ2n) is 10.4. The highest BCUT2D eigenvalue weighted by Gasteiger charge is 2.47. The van der Waals surface area contributed by atoms with Crippen LogP contribution in [0, 0.1) is 0 Å². The second-order valence-corrected chi connectivity index (χ2v) is 12.5. The van der Waals surface area contributed by atoms with Gasteiger partial charge in [0.15, 0.2) is 16.6 Å². The van der Waals surface area contributed by atoms with Gasteiger partial charge in [-0.25, -0.2) is 14.8 Å². The van der Waals surface area contributed by atoms with Crippen LogP contribution in [-0.2, 0) is 17.8 Å². The van der Waals surface area contributed by atoms with Crippen molar-refractivity contribution < 1.29 is 14.3 Å². The summed E-state index contributed by atoms with van der Waals surface area (Å²) in [5.41, 5.74) is 2.34. The van der Waals surface area contributed by atoms with Gasteiger partial charge in [-0.2, -0.15) is 0 Å². The minimum atomic E-state index is -0.714. The minimum absolute atomic E-state index is 0.0809. The van der Waals surface area contributed by atoms with Gasteiger partial charge in [-0.1, -0.05) is 55.9 Å². The van der Waals surface area contributed by atoms with Gasteiger partial charge in [-0.05, 0) is 72.6 Å². The molecule has 2 aliphatic rings. The average molecular weight is 615 g/mol. The molecule has 3 aromatic rings. The van der Waals surface area contributed by atoms with Crippen molar-refractivity contribution in [1.29, 1.82) is 0 Å². The number of hydrogen-bond acceptors (Lipinski definition) is 8. The van der Waals surface area contributed by atoms with Gasteiger partial charge in [0.2, 0.25) is 0 Å². The second kappa shape index (κ2) is 11.5. The Hall–Kier alpha value is -2.56. The van der Waals surface area contributed by atoms with Crippen molar-refractivity contribution in [3.8, 4) is 5.75 Å². The molecule has 1 N–H and O–H groups in total. The number of carbonyl (C=O) groups excluding carboxylic acids is 1.